The first kappa shape index (κ1) is 12.4. The summed E-state index contributed by atoms with van der Waals surface area (Å²) < 4.78 is 0. The van der Waals surface area contributed by atoms with Crippen LogP contribution in [0.3, 0.4) is 0 Å². The van der Waals surface area contributed by atoms with Gasteiger partial charge in [0.2, 0.25) is 0 Å². The molecule has 0 spiro atoms. The number of nitrogens with one attached hydrogen (secondary N) is 1. The summed E-state index contributed by atoms with van der Waals surface area (Å²) in [6, 6.07) is 7.13. The van der Waals surface area contributed by atoms with E-state index in [0.717, 1.165) is 25.8 Å². The number of nitrogens with two attached hydrogens (primary N) is 1. The highest BCUT2D eigenvalue weighted by atomic mass is 14.9. The van der Waals surface area contributed by atoms with Crippen LogP contribution in [0.25, 0.3) is 0 Å². The van der Waals surface area contributed by atoms with Crippen LogP contribution in [0.2, 0.25) is 0 Å². The second kappa shape index (κ2) is 6.06. The molecule has 1 atom stereocenters. The number of aryl methyl sites for hydroxylation is 1. The lowest BCUT2D eigenvalue weighted by atomic mass is 9.88. The molecule has 17 heavy (non-hydrogen) atoms. The summed E-state index contributed by atoms with van der Waals surface area (Å²) in [5, 5.41) is 3.50. The van der Waals surface area contributed by atoms with Crippen molar-refractivity contribution < 1.29 is 0 Å². The summed E-state index contributed by atoms with van der Waals surface area (Å²) in [5.41, 5.74) is 10.2. The van der Waals surface area contributed by atoms with Gasteiger partial charge in [-0.15, -0.1) is 0 Å². The molecule has 0 heterocycles. The summed E-state index contributed by atoms with van der Waals surface area (Å²) in [6.07, 6.45) is 7.17. The molecule has 1 aliphatic carbocycles. The molecule has 2 nitrogen and oxygen atoms in total. The van der Waals surface area contributed by atoms with Crippen molar-refractivity contribution in [2.24, 2.45) is 5.73 Å². The molecule has 0 radical (unpaired) electrons. The predicted octanol–water partition coefficient (Wildman–Crippen LogP) is 3.10. The molecule has 0 amide bonds. The molecule has 0 saturated heterocycles. The van der Waals surface area contributed by atoms with Gasteiger partial charge in [-0.1, -0.05) is 25.8 Å². The zero-order chi connectivity index (χ0) is 12.1. The van der Waals surface area contributed by atoms with Crippen LogP contribution in [0.1, 0.15) is 43.7 Å². The highest BCUT2D eigenvalue weighted by Crippen LogP contribution is 2.23. The van der Waals surface area contributed by atoms with Gasteiger partial charge in [-0.05, 0) is 48.9 Å². The lowest BCUT2D eigenvalue weighted by molar-refractivity contribution is 0.576. The van der Waals surface area contributed by atoms with E-state index in [1.807, 2.05) is 0 Å². The number of benzene rings is 1. The van der Waals surface area contributed by atoms with Gasteiger partial charge >= 0.3 is 0 Å². The van der Waals surface area contributed by atoms with Crippen molar-refractivity contribution in [2.45, 2.75) is 51.5 Å². The fourth-order valence-corrected chi connectivity index (χ4v) is 2.50. The zero-order valence-electron chi connectivity index (χ0n) is 10.8. The van der Waals surface area contributed by atoms with Crippen LogP contribution in [-0.4, -0.2) is 12.6 Å². The molecule has 94 valence electrons. The highest BCUT2D eigenvalue weighted by Gasteiger charge is 2.15. The fourth-order valence-electron chi connectivity index (χ4n) is 2.50. The molecule has 0 saturated carbocycles. The molecule has 3 N–H and O–H groups in total. The van der Waals surface area contributed by atoms with E-state index in [0.29, 0.717) is 6.04 Å². The molecule has 1 unspecified atom stereocenters. The van der Waals surface area contributed by atoms with E-state index in [4.69, 9.17) is 5.73 Å². The van der Waals surface area contributed by atoms with E-state index in [1.54, 1.807) is 0 Å². The minimum Gasteiger partial charge on any atom is -0.385 e. The van der Waals surface area contributed by atoms with Gasteiger partial charge in [0.15, 0.2) is 0 Å². The van der Waals surface area contributed by atoms with E-state index in [1.165, 1.54) is 36.1 Å². The second-order valence-corrected chi connectivity index (χ2v) is 5.12. The summed E-state index contributed by atoms with van der Waals surface area (Å²) in [7, 11) is 0. The summed E-state index contributed by atoms with van der Waals surface area (Å²) in [6.45, 7) is 3.32. The molecule has 0 aliphatic heterocycles. The number of unbranched alkanes of at least 4 members (excludes halogenated alkanes) is 2. The molecule has 1 aliphatic rings. The van der Waals surface area contributed by atoms with Crippen LogP contribution in [0, 0.1) is 0 Å². The fraction of sp³-hybridized carbons (Fsp3) is 0.600. The topological polar surface area (TPSA) is 38.0 Å². The van der Waals surface area contributed by atoms with Crippen LogP contribution in [0.5, 0.6) is 0 Å². The van der Waals surface area contributed by atoms with Crippen molar-refractivity contribution in [3.8, 4) is 0 Å². The molecule has 0 fully saturated rings. The molecular formula is C15H24N2. The Morgan fingerprint density at radius 2 is 2.18 bits per heavy atom. The van der Waals surface area contributed by atoms with Crippen molar-refractivity contribution in [3.05, 3.63) is 29.3 Å². The summed E-state index contributed by atoms with van der Waals surface area (Å²) in [5.74, 6) is 0. The lowest BCUT2D eigenvalue weighted by Gasteiger charge is -2.22. The first-order valence-corrected chi connectivity index (χ1v) is 6.91. The van der Waals surface area contributed by atoms with Crippen LogP contribution >= 0.6 is 0 Å². The van der Waals surface area contributed by atoms with Gasteiger partial charge in [0.05, 0.1) is 0 Å². The predicted molar refractivity (Wildman–Crippen MR) is 74.5 cm³/mol. The maximum absolute atomic E-state index is 6.02. The third-order valence-electron chi connectivity index (χ3n) is 3.58. The van der Waals surface area contributed by atoms with E-state index >= 15 is 0 Å². The van der Waals surface area contributed by atoms with Crippen molar-refractivity contribution in [3.63, 3.8) is 0 Å². The Hall–Kier alpha value is -1.02. The normalized spacial score (nSPS) is 18.8. The van der Waals surface area contributed by atoms with E-state index in [2.05, 4.69) is 30.4 Å². The van der Waals surface area contributed by atoms with Gasteiger partial charge in [-0.3, -0.25) is 0 Å². The third kappa shape index (κ3) is 3.47. The largest absolute Gasteiger partial charge is 0.385 e. The van der Waals surface area contributed by atoms with E-state index in [9.17, 15) is 0 Å². The van der Waals surface area contributed by atoms with Crippen LogP contribution in [-0.2, 0) is 12.8 Å². The van der Waals surface area contributed by atoms with Crippen molar-refractivity contribution in [1.82, 2.24) is 0 Å². The SMILES string of the molecule is CCCCCNc1ccc2c(c1)CC(N)CC2. The van der Waals surface area contributed by atoms with Crippen molar-refractivity contribution in [1.29, 1.82) is 0 Å². The molecule has 1 aromatic rings. The molecule has 2 heteroatoms. The van der Waals surface area contributed by atoms with Gasteiger partial charge in [-0.2, -0.15) is 0 Å². The minimum absolute atomic E-state index is 0.359. The highest BCUT2D eigenvalue weighted by molar-refractivity contribution is 5.49. The van der Waals surface area contributed by atoms with Gasteiger partial charge in [0.25, 0.3) is 0 Å². The molecule has 2 rings (SSSR count). The molecular weight excluding hydrogens is 208 g/mol. The third-order valence-corrected chi connectivity index (χ3v) is 3.58. The van der Waals surface area contributed by atoms with E-state index in [-0.39, 0.29) is 0 Å². The van der Waals surface area contributed by atoms with Crippen LogP contribution in [0.15, 0.2) is 18.2 Å². The zero-order valence-corrected chi connectivity index (χ0v) is 10.8. The molecule has 1 aromatic carbocycles. The maximum atomic E-state index is 6.02. The van der Waals surface area contributed by atoms with Crippen molar-refractivity contribution >= 4 is 5.69 Å². The average molecular weight is 232 g/mol. The Morgan fingerprint density at radius 3 is 3.00 bits per heavy atom. The Labute approximate surface area is 105 Å². The first-order valence-electron chi connectivity index (χ1n) is 6.91. The number of rotatable bonds is 5. The number of hydrogen-bond acceptors (Lipinski definition) is 2. The standard InChI is InChI=1S/C15H24N2/c1-2-3-4-9-17-15-8-6-12-5-7-14(16)10-13(12)11-15/h6,8,11,14,17H,2-5,7,9-10,16H2,1H3. The maximum Gasteiger partial charge on any atom is 0.0343 e. The lowest BCUT2D eigenvalue weighted by Crippen LogP contribution is -2.27. The number of anilines is 1. The summed E-state index contributed by atoms with van der Waals surface area (Å²) >= 11 is 0. The Kier molecular flexibility index (Phi) is 4.43. The molecule has 0 aromatic heterocycles. The van der Waals surface area contributed by atoms with Crippen LogP contribution < -0.4 is 11.1 Å². The van der Waals surface area contributed by atoms with Gasteiger partial charge < -0.3 is 11.1 Å². The minimum atomic E-state index is 0.359. The number of hydrogen-bond donors (Lipinski definition) is 2. The van der Waals surface area contributed by atoms with Crippen molar-refractivity contribution in [2.75, 3.05) is 11.9 Å². The Balaban J connectivity index is 1.93. The van der Waals surface area contributed by atoms with Gasteiger partial charge in [0, 0.05) is 18.3 Å². The van der Waals surface area contributed by atoms with Gasteiger partial charge in [-0.25, -0.2) is 0 Å². The smallest absolute Gasteiger partial charge is 0.0343 e. The monoisotopic (exact) mass is 232 g/mol. The number of fused-ring (bicyclic) bond motifs is 1. The quantitative estimate of drug-likeness (QED) is 0.766. The second-order valence-electron chi connectivity index (χ2n) is 5.12. The van der Waals surface area contributed by atoms with E-state index < -0.39 is 0 Å². The Bertz CT molecular complexity index is 360. The summed E-state index contributed by atoms with van der Waals surface area (Å²) in [4.78, 5) is 0. The van der Waals surface area contributed by atoms with Gasteiger partial charge in [0.1, 0.15) is 0 Å². The molecule has 0 bridgehead atoms. The first-order chi connectivity index (χ1) is 8.29. The van der Waals surface area contributed by atoms with Crippen LogP contribution in [0.4, 0.5) is 5.69 Å². The Morgan fingerprint density at radius 1 is 1.29 bits per heavy atom. The average Bonchev–Trinajstić information content (AvgIpc) is 2.34.